The van der Waals surface area contributed by atoms with E-state index >= 15 is 0 Å². The zero-order chi connectivity index (χ0) is 15.1. The lowest BCUT2D eigenvalue weighted by Gasteiger charge is -2.31. The number of ether oxygens (including phenoxy) is 1. The first kappa shape index (κ1) is 16.3. The molecule has 1 aliphatic heterocycles. The van der Waals surface area contributed by atoms with Crippen molar-refractivity contribution in [3.8, 4) is 5.75 Å². The zero-order valence-electron chi connectivity index (χ0n) is 13.8. The van der Waals surface area contributed by atoms with Crippen LogP contribution in [0.15, 0.2) is 24.3 Å². The smallest absolute Gasteiger partial charge is 0.119 e. The Kier molecular flexibility index (Phi) is 6.52. The minimum absolute atomic E-state index is 0.621. The molecular weight excluding hydrogens is 260 g/mol. The summed E-state index contributed by atoms with van der Waals surface area (Å²) in [7, 11) is 0. The second kappa shape index (κ2) is 8.40. The lowest BCUT2D eigenvalue weighted by Crippen LogP contribution is -2.44. The minimum atomic E-state index is 0.621. The van der Waals surface area contributed by atoms with Crippen molar-refractivity contribution in [2.75, 3.05) is 26.2 Å². The summed E-state index contributed by atoms with van der Waals surface area (Å²) in [5.74, 6) is 0.989. The Bertz CT molecular complexity index is 421. The van der Waals surface area contributed by atoms with E-state index in [2.05, 4.69) is 49.2 Å². The van der Waals surface area contributed by atoms with Crippen molar-refractivity contribution < 1.29 is 4.74 Å². The molecule has 0 spiro atoms. The van der Waals surface area contributed by atoms with Crippen LogP contribution in [0.1, 0.15) is 38.7 Å². The van der Waals surface area contributed by atoms with Gasteiger partial charge in [-0.1, -0.05) is 19.1 Å². The quantitative estimate of drug-likeness (QED) is 0.901. The van der Waals surface area contributed by atoms with Gasteiger partial charge in [0.2, 0.25) is 0 Å². The third-order valence-electron chi connectivity index (χ3n) is 4.35. The highest BCUT2D eigenvalue weighted by Crippen LogP contribution is 2.13. The van der Waals surface area contributed by atoms with E-state index in [9.17, 15) is 0 Å². The molecule has 0 bridgehead atoms. The van der Waals surface area contributed by atoms with Gasteiger partial charge in [-0.05, 0) is 63.9 Å². The number of nitrogens with zero attached hydrogens (tertiary/aromatic N) is 1. The first-order valence-corrected chi connectivity index (χ1v) is 8.35. The van der Waals surface area contributed by atoms with Gasteiger partial charge >= 0.3 is 0 Å². The standard InChI is InChI=1S/C18H30N2O/c1-4-17-9-11-20(10-8-16(3)19-17)12-13-21-18-7-5-6-15(2)14-18/h5-7,14,16-17,19H,4,8-13H2,1-3H3. The Labute approximate surface area is 129 Å². The predicted octanol–water partition coefficient (Wildman–Crippen LogP) is 3.23. The SMILES string of the molecule is CCC1CCN(CCOc2cccc(C)c2)CCC(C)N1. The van der Waals surface area contributed by atoms with E-state index in [1.165, 1.54) is 37.9 Å². The first-order chi connectivity index (χ1) is 10.2. The van der Waals surface area contributed by atoms with E-state index in [0.717, 1.165) is 18.9 Å². The molecule has 2 atom stereocenters. The number of hydrogen-bond donors (Lipinski definition) is 1. The van der Waals surface area contributed by atoms with Crippen molar-refractivity contribution in [2.45, 2.75) is 52.1 Å². The van der Waals surface area contributed by atoms with Crippen LogP contribution >= 0.6 is 0 Å². The number of rotatable bonds is 5. The third kappa shape index (κ3) is 5.68. The monoisotopic (exact) mass is 290 g/mol. The Morgan fingerprint density at radius 2 is 2.10 bits per heavy atom. The van der Waals surface area contributed by atoms with Crippen LogP contribution in [0.2, 0.25) is 0 Å². The van der Waals surface area contributed by atoms with Crippen LogP contribution in [-0.2, 0) is 0 Å². The van der Waals surface area contributed by atoms with Gasteiger partial charge in [-0.3, -0.25) is 4.90 Å². The summed E-state index contributed by atoms with van der Waals surface area (Å²) in [4.78, 5) is 2.55. The number of aryl methyl sites for hydroxylation is 1. The molecule has 3 nitrogen and oxygen atoms in total. The molecule has 0 amide bonds. The van der Waals surface area contributed by atoms with Gasteiger partial charge in [-0.25, -0.2) is 0 Å². The molecule has 1 saturated heterocycles. The molecule has 118 valence electrons. The summed E-state index contributed by atoms with van der Waals surface area (Å²) in [5, 5.41) is 3.72. The van der Waals surface area contributed by atoms with Crippen molar-refractivity contribution >= 4 is 0 Å². The maximum atomic E-state index is 5.88. The summed E-state index contributed by atoms with van der Waals surface area (Å²) in [6.07, 6.45) is 3.68. The molecule has 0 aromatic heterocycles. The predicted molar refractivity (Wildman–Crippen MR) is 89.0 cm³/mol. The summed E-state index contributed by atoms with van der Waals surface area (Å²) in [5.41, 5.74) is 1.25. The molecule has 0 saturated carbocycles. The summed E-state index contributed by atoms with van der Waals surface area (Å²) in [6, 6.07) is 9.59. The minimum Gasteiger partial charge on any atom is -0.492 e. The van der Waals surface area contributed by atoms with Crippen LogP contribution in [0.5, 0.6) is 5.75 Å². The molecule has 1 aromatic carbocycles. The van der Waals surface area contributed by atoms with Crippen molar-refractivity contribution in [2.24, 2.45) is 0 Å². The van der Waals surface area contributed by atoms with Gasteiger partial charge in [0.15, 0.2) is 0 Å². The zero-order valence-corrected chi connectivity index (χ0v) is 13.8. The molecule has 2 unspecified atom stereocenters. The van der Waals surface area contributed by atoms with Crippen molar-refractivity contribution in [3.63, 3.8) is 0 Å². The highest BCUT2D eigenvalue weighted by molar-refractivity contribution is 5.27. The fraction of sp³-hybridized carbons (Fsp3) is 0.667. The van der Waals surface area contributed by atoms with E-state index in [1.807, 2.05) is 6.07 Å². The van der Waals surface area contributed by atoms with Gasteiger partial charge in [0.25, 0.3) is 0 Å². The molecule has 1 fully saturated rings. The summed E-state index contributed by atoms with van der Waals surface area (Å²) >= 11 is 0. The molecule has 2 rings (SSSR count). The molecule has 21 heavy (non-hydrogen) atoms. The number of hydrogen-bond acceptors (Lipinski definition) is 3. The highest BCUT2D eigenvalue weighted by Gasteiger charge is 2.17. The average molecular weight is 290 g/mol. The molecule has 3 heteroatoms. The average Bonchev–Trinajstić information content (AvgIpc) is 2.46. The Balaban J connectivity index is 1.76. The molecule has 1 aromatic rings. The fourth-order valence-electron chi connectivity index (χ4n) is 2.94. The van der Waals surface area contributed by atoms with Crippen LogP contribution < -0.4 is 10.1 Å². The maximum absolute atomic E-state index is 5.88. The Morgan fingerprint density at radius 3 is 2.86 bits per heavy atom. The summed E-state index contributed by atoms with van der Waals surface area (Å²) in [6.45, 7) is 10.8. The number of benzene rings is 1. The third-order valence-corrected chi connectivity index (χ3v) is 4.35. The lowest BCUT2D eigenvalue weighted by atomic mass is 10.1. The Morgan fingerprint density at radius 1 is 1.29 bits per heavy atom. The van der Waals surface area contributed by atoms with Crippen LogP contribution in [0, 0.1) is 6.92 Å². The largest absolute Gasteiger partial charge is 0.492 e. The van der Waals surface area contributed by atoms with E-state index in [4.69, 9.17) is 4.74 Å². The second-order valence-electron chi connectivity index (χ2n) is 6.26. The van der Waals surface area contributed by atoms with Gasteiger partial charge in [0.1, 0.15) is 12.4 Å². The lowest BCUT2D eigenvalue weighted by molar-refractivity contribution is 0.177. The van der Waals surface area contributed by atoms with Crippen molar-refractivity contribution in [3.05, 3.63) is 29.8 Å². The van der Waals surface area contributed by atoms with Gasteiger partial charge in [0.05, 0.1) is 0 Å². The van der Waals surface area contributed by atoms with Gasteiger partial charge in [0, 0.05) is 18.6 Å². The topological polar surface area (TPSA) is 24.5 Å². The van der Waals surface area contributed by atoms with Crippen LogP contribution in [-0.4, -0.2) is 43.2 Å². The van der Waals surface area contributed by atoms with Crippen molar-refractivity contribution in [1.29, 1.82) is 0 Å². The van der Waals surface area contributed by atoms with Crippen molar-refractivity contribution in [1.82, 2.24) is 10.2 Å². The first-order valence-electron chi connectivity index (χ1n) is 8.35. The number of nitrogens with one attached hydrogen (secondary N) is 1. The normalized spacial score (nSPS) is 24.3. The molecule has 0 aliphatic carbocycles. The van der Waals surface area contributed by atoms with Gasteiger partial charge in [-0.15, -0.1) is 0 Å². The maximum Gasteiger partial charge on any atom is 0.119 e. The Hall–Kier alpha value is -1.06. The summed E-state index contributed by atoms with van der Waals surface area (Å²) < 4.78 is 5.88. The highest BCUT2D eigenvalue weighted by atomic mass is 16.5. The van der Waals surface area contributed by atoms with Crippen LogP contribution in [0.4, 0.5) is 0 Å². The molecule has 1 heterocycles. The molecule has 1 N–H and O–H groups in total. The van der Waals surface area contributed by atoms with Crippen LogP contribution in [0.3, 0.4) is 0 Å². The molecule has 1 aliphatic rings. The van der Waals surface area contributed by atoms with Gasteiger partial charge in [-0.2, -0.15) is 0 Å². The van der Waals surface area contributed by atoms with Gasteiger partial charge < -0.3 is 10.1 Å². The molecule has 0 radical (unpaired) electrons. The van der Waals surface area contributed by atoms with E-state index < -0.39 is 0 Å². The van der Waals surface area contributed by atoms with E-state index in [-0.39, 0.29) is 0 Å². The van der Waals surface area contributed by atoms with E-state index in [1.54, 1.807) is 0 Å². The molecular formula is C18H30N2O. The fourth-order valence-corrected chi connectivity index (χ4v) is 2.94. The van der Waals surface area contributed by atoms with Crippen LogP contribution in [0.25, 0.3) is 0 Å². The van der Waals surface area contributed by atoms with E-state index in [0.29, 0.717) is 12.1 Å². The second-order valence-corrected chi connectivity index (χ2v) is 6.26.